The van der Waals surface area contributed by atoms with Crippen molar-refractivity contribution in [1.29, 1.82) is 0 Å². The maximum atomic E-state index is 5.89. The van der Waals surface area contributed by atoms with Gasteiger partial charge in [0.15, 0.2) is 5.82 Å². The van der Waals surface area contributed by atoms with Gasteiger partial charge in [0.1, 0.15) is 0 Å². The maximum absolute atomic E-state index is 5.89. The highest BCUT2D eigenvalue weighted by atomic mass is 15.3. The van der Waals surface area contributed by atoms with Crippen LogP contribution in [0.15, 0.2) is 30.5 Å². The van der Waals surface area contributed by atoms with Crippen LogP contribution >= 0.6 is 0 Å². The molecule has 0 amide bonds. The number of anilines is 1. The highest BCUT2D eigenvalue weighted by Gasteiger charge is 2.23. The normalized spacial score (nSPS) is 20.3. The van der Waals surface area contributed by atoms with Crippen LogP contribution in [0.25, 0.3) is 10.8 Å². The van der Waals surface area contributed by atoms with Crippen LogP contribution in [-0.2, 0) is 0 Å². The summed E-state index contributed by atoms with van der Waals surface area (Å²) < 4.78 is 0. The first-order valence-corrected chi connectivity index (χ1v) is 6.57. The second-order valence-corrected chi connectivity index (χ2v) is 4.83. The number of piperidine rings is 1. The third-order valence-corrected chi connectivity index (χ3v) is 3.72. The fourth-order valence-electron chi connectivity index (χ4n) is 2.75. The molecule has 1 aliphatic heterocycles. The molecule has 0 saturated carbocycles. The molecular weight excluding hydrogens is 224 g/mol. The van der Waals surface area contributed by atoms with Crippen molar-refractivity contribution in [3.63, 3.8) is 0 Å². The van der Waals surface area contributed by atoms with Gasteiger partial charge in [0.25, 0.3) is 0 Å². The molecule has 3 rings (SSSR count). The van der Waals surface area contributed by atoms with E-state index in [1.807, 2.05) is 12.3 Å². The standard InChI is InChI=1S/C14H18N4/c15-9-12-6-3-4-8-18(12)14-13-7-2-1-5-11(13)10-16-17-14/h1-2,5,7,10,12H,3-4,6,8-9,15H2. The van der Waals surface area contributed by atoms with Crippen molar-refractivity contribution in [3.8, 4) is 0 Å². The molecule has 2 N–H and O–H groups in total. The summed E-state index contributed by atoms with van der Waals surface area (Å²) in [4.78, 5) is 2.33. The van der Waals surface area contributed by atoms with E-state index in [1.54, 1.807) is 0 Å². The smallest absolute Gasteiger partial charge is 0.159 e. The quantitative estimate of drug-likeness (QED) is 0.874. The fourth-order valence-corrected chi connectivity index (χ4v) is 2.75. The Morgan fingerprint density at radius 2 is 2.17 bits per heavy atom. The molecule has 1 aliphatic rings. The van der Waals surface area contributed by atoms with Crippen LogP contribution in [-0.4, -0.2) is 29.3 Å². The molecule has 0 aliphatic carbocycles. The van der Waals surface area contributed by atoms with Crippen LogP contribution in [0.5, 0.6) is 0 Å². The molecule has 1 atom stereocenters. The van der Waals surface area contributed by atoms with Crippen molar-refractivity contribution in [3.05, 3.63) is 30.5 Å². The number of benzene rings is 1. The summed E-state index contributed by atoms with van der Waals surface area (Å²) in [7, 11) is 0. The lowest BCUT2D eigenvalue weighted by atomic mass is 10.0. The van der Waals surface area contributed by atoms with E-state index in [9.17, 15) is 0 Å². The summed E-state index contributed by atoms with van der Waals surface area (Å²) in [6, 6.07) is 8.68. The Labute approximate surface area is 107 Å². The minimum atomic E-state index is 0.402. The van der Waals surface area contributed by atoms with Gasteiger partial charge in [-0.3, -0.25) is 0 Å². The Morgan fingerprint density at radius 3 is 3.06 bits per heavy atom. The van der Waals surface area contributed by atoms with Crippen molar-refractivity contribution in [2.24, 2.45) is 5.73 Å². The fraction of sp³-hybridized carbons (Fsp3) is 0.429. The van der Waals surface area contributed by atoms with E-state index in [2.05, 4.69) is 33.3 Å². The molecule has 0 radical (unpaired) electrons. The largest absolute Gasteiger partial charge is 0.350 e. The first-order chi connectivity index (χ1) is 8.90. The molecule has 1 aromatic heterocycles. The van der Waals surface area contributed by atoms with Crippen molar-refractivity contribution >= 4 is 16.6 Å². The van der Waals surface area contributed by atoms with Crippen molar-refractivity contribution in [2.45, 2.75) is 25.3 Å². The lowest BCUT2D eigenvalue weighted by Crippen LogP contribution is -2.44. The predicted molar refractivity (Wildman–Crippen MR) is 73.6 cm³/mol. The third-order valence-electron chi connectivity index (χ3n) is 3.72. The average molecular weight is 242 g/mol. The van der Waals surface area contributed by atoms with Gasteiger partial charge in [-0.2, -0.15) is 5.10 Å². The molecule has 0 spiro atoms. The van der Waals surface area contributed by atoms with Gasteiger partial charge < -0.3 is 10.6 Å². The molecule has 2 aromatic rings. The van der Waals surface area contributed by atoms with E-state index in [1.165, 1.54) is 18.2 Å². The Morgan fingerprint density at radius 1 is 1.28 bits per heavy atom. The SMILES string of the molecule is NCC1CCCCN1c1nncc2ccccc12. The van der Waals surface area contributed by atoms with E-state index >= 15 is 0 Å². The molecular formula is C14H18N4. The number of hydrogen-bond donors (Lipinski definition) is 1. The van der Waals surface area contributed by atoms with Gasteiger partial charge in [-0.15, -0.1) is 5.10 Å². The summed E-state index contributed by atoms with van der Waals surface area (Å²) in [5.41, 5.74) is 5.89. The molecule has 1 aromatic carbocycles. The van der Waals surface area contributed by atoms with E-state index in [-0.39, 0.29) is 0 Å². The molecule has 1 fully saturated rings. The zero-order chi connectivity index (χ0) is 12.4. The highest BCUT2D eigenvalue weighted by molar-refractivity contribution is 5.91. The van der Waals surface area contributed by atoms with Gasteiger partial charge in [-0.25, -0.2) is 0 Å². The van der Waals surface area contributed by atoms with Gasteiger partial charge in [0, 0.05) is 29.9 Å². The van der Waals surface area contributed by atoms with E-state index in [4.69, 9.17) is 5.73 Å². The summed E-state index contributed by atoms with van der Waals surface area (Å²) in [6.07, 6.45) is 5.44. The van der Waals surface area contributed by atoms with Crippen LogP contribution in [0.1, 0.15) is 19.3 Å². The summed E-state index contributed by atoms with van der Waals surface area (Å²) in [5.74, 6) is 0.989. The van der Waals surface area contributed by atoms with E-state index < -0.39 is 0 Å². The molecule has 94 valence electrons. The minimum absolute atomic E-state index is 0.402. The third kappa shape index (κ3) is 1.93. The lowest BCUT2D eigenvalue weighted by Gasteiger charge is -2.36. The van der Waals surface area contributed by atoms with Gasteiger partial charge >= 0.3 is 0 Å². The second kappa shape index (κ2) is 4.90. The van der Waals surface area contributed by atoms with Crippen LogP contribution < -0.4 is 10.6 Å². The Hall–Kier alpha value is -1.68. The molecule has 1 saturated heterocycles. The second-order valence-electron chi connectivity index (χ2n) is 4.83. The summed E-state index contributed by atoms with van der Waals surface area (Å²) in [5, 5.41) is 10.8. The van der Waals surface area contributed by atoms with Crippen LogP contribution in [0.3, 0.4) is 0 Å². The van der Waals surface area contributed by atoms with Gasteiger partial charge in [-0.1, -0.05) is 24.3 Å². The number of fused-ring (bicyclic) bond motifs is 1. The van der Waals surface area contributed by atoms with Crippen LogP contribution in [0.4, 0.5) is 5.82 Å². The minimum Gasteiger partial charge on any atom is -0.350 e. The van der Waals surface area contributed by atoms with E-state index in [0.29, 0.717) is 12.6 Å². The topological polar surface area (TPSA) is 55.0 Å². The molecule has 1 unspecified atom stereocenters. The predicted octanol–water partition coefficient (Wildman–Crippen LogP) is 1.95. The zero-order valence-corrected chi connectivity index (χ0v) is 10.4. The lowest BCUT2D eigenvalue weighted by molar-refractivity contribution is 0.462. The van der Waals surface area contributed by atoms with Crippen LogP contribution in [0.2, 0.25) is 0 Å². The summed E-state index contributed by atoms with van der Waals surface area (Å²) in [6.45, 7) is 1.72. The number of rotatable bonds is 2. The Balaban J connectivity index is 2.07. The zero-order valence-electron chi connectivity index (χ0n) is 10.4. The Bertz CT molecular complexity index is 535. The van der Waals surface area contributed by atoms with Gasteiger partial charge in [0.05, 0.1) is 6.20 Å². The average Bonchev–Trinajstić information content (AvgIpc) is 2.46. The van der Waals surface area contributed by atoms with Crippen molar-refractivity contribution in [2.75, 3.05) is 18.0 Å². The molecule has 2 heterocycles. The first-order valence-electron chi connectivity index (χ1n) is 6.57. The molecule has 4 heteroatoms. The van der Waals surface area contributed by atoms with Crippen LogP contribution in [0, 0.1) is 0 Å². The molecule has 18 heavy (non-hydrogen) atoms. The number of nitrogens with two attached hydrogens (primary N) is 1. The first kappa shape index (κ1) is 11.4. The highest BCUT2D eigenvalue weighted by Crippen LogP contribution is 2.28. The number of nitrogens with zero attached hydrogens (tertiary/aromatic N) is 3. The monoisotopic (exact) mass is 242 g/mol. The van der Waals surface area contributed by atoms with Gasteiger partial charge in [0.2, 0.25) is 0 Å². The van der Waals surface area contributed by atoms with E-state index in [0.717, 1.165) is 24.2 Å². The maximum Gasteiger partial charge on any atom is 0.159 e. The molecule has 4 nitrogen and oxygen atoms in total. The Kier molecular flexibility index (Phi) is 3.11. The summed E-state index contributed by atoms with van der Waals surface area (Å²) >= 11 is 0. The van der Waals surface area contributed by atoms with Crippen molar-refractivity contribution in [1.82, 2.24) is 10.2 Å². The van der Waals surface area contributed by atoms with Gasteiger partial charge in [-0.05, 0) is 19.3 Å². The number of hydrogen-bond acceptors (Lipinski definition) is 4. The van der Waals surface area contributed by atoms with Crippen molar-refractivity contribution < 1.29 is 0 Å². The molecule has 0 bridgehead atoms. The number of aromatic nitrogens is 2.